The maximum atomic E-state index is 12.8. The fourth-order valence-electron chi connectivity index (χ4n) is 3.44. The van der Waals surface area contributed by atoms with Crippen molar-refractivity contribution in [3.05, 3.63) is 35.2 Å². The Morgan fingerprint density at radius 1 is 1.33 bits per heavy atom. The second-order valence-corrected chi connectivity index (χ2v) is 6.99. The largest absolute Gasteiger partial charge is 0.463 e. The molecule has 148 valence electrons. The first kappa shape index (κ1) is 21.0. The lowest BCUT2D eigenvalue weighted by atomic mass is 9.67. The van der Waals surface area contributed by atoms with Gasteiger partial charge in [-0.2, -0.15) is 0 Å². The Balaban J connectivity index is 2.46. The highest BCUT2D eigenvalue weighted by Crippen LogP contribution is 2.45. The lowest BCUT2D eigenvalue weighted by Gasteiger charge is -2.39. The minimum atomic E-state index is -0.444. The molecule has 0 amide bonds. The minimum absolute atomic E-state index is 0.112. The Labute approximate surface area is 165 Å². The van der Waals surface area contributed by atoms with Gasteiger partial charge in [0.2, 0.25) is 0 Å². The Bertz CT molecular complexity index is 695. The Morgan fingerprint density at radius 2 is 2.00 bits per heavy atom. The SMILES string of the molecule is C=CCOC(=O)C1=C(C)NC(CNC(N)=S)=C(C(=O)OCC)C1C1CCC1. The summed E-state index contributed by atoms with van der Waals surface area (Å²) >= 11 is 4.88. The van der Waals surface area contributed by atoms with Crippen molar-refractivity contribution in [3.63, 3.8) is 0 Å². The molecule has 1 aliphatic heterocycles. The van der Waals surface area contributed by atoms with Crippen molar-refractivity contribution in [2.75, 3.05) is 19.8 Å². The van der Waals surface area contributed by atoms with Crippen LogP contribution in [0.15, 0.2) is 35.2 Å². The summed E-state index contributed by atoms with van der Waals surface area (Å²) < 4.78 is 10.6. The number of thiocarbonyl (C=S) groups is 1. The van der Waals surface area contributed by atoms with Crippen LogP contribution in [-0.4, -0.2) is 36.8 Å². The number of carbonyl (C=O) groups is 2. The maximum Gasteiger partial charge on any atom is 0.336 e. The van der Waals surface area contributed by atoms with E-state index in [-0.39, 0.29) is 36.7 Å². The molecule has 1 unspecified atom stereocenters. The topological polar surface area (TPSA) is 103 Å². The van der Waals surface area contributed by atoms with Crippen LogP contribution in [-0.2, 0) is 19.1 Å². The van der Waals surface area contributed by atoms with Crippen LogP contribution in [0.2, 0.25) is 0 Å². The summed E-state index contributed by atoms with van der Waals surface area (Å²) in [5, 5.41) is 6.15. The van der Waals surface area contributed by atoms with Crippen molar-refractivity contribution in [2.45, 2.75) is 33.1 Å². The van der Waals surface area contributed by atoms with E-state index in [1.807, 2.05) is 0 Å². The molecule has 1 aliphatic carbocycles. The molecule has 0 spiro atoms. The molecule has 1 saturated carbocycles. The molecule has 2 rings (SSSR count). The maximum absolute atomic E-state index is 12.8. The van der Waals surface area contributed by atoms with Gasteiger partial charge in [-0.15, -0.1) is 0 Å². The number of dihydropyridines is 1. The van der Waals surface area contributed by atoms with Crippen molar-refractivity contribution in [1.82, 2.24) is 10.6 Å². The molecule has 0 aromatic heterocycles. The minimum Gasteiger partial charge on any atom is -0.463 e. The first-order chi connectivity index (χ1) is 12.9. The number of allylic oxidation sites excluding steroid dienone is 1. The van der Waals surface area contributed by atoms with Crippen LogP contribution in [0.5, 0.6) is 0 Å². The number of hydrogen-bond acceptors (Lipinski definition) is 6. The summed E-state index contributed by atoms with van der Waals surface area (Å²) in [6.45, 7) is 7.73. The molecule has 1 atom stereocenters. The second kappa shape index (κ2) is 9.55. The number of hydrogen-bond donors (Lipinski definition) is 3. The normalized spacial score (nSPS) is 19.7. The number of nitrogens with two attached hydrogens (primary N) is 1. The smallest absolute Gasteiger partial charge is 0.336 e. The van der Waals surface area contributed by atoms with Crippen molar-refractivity contribution >= 4 is 29.3 Å². The quantitative estimate of drug-likeness (QED) is 0.325. The van der Waals surface area contributed by atoms with Crippen LogP contribution >= 0.6 is 12.2 Å². The summed E-state index contributed by atoms with van der Waals surface area (Å²) in [5.41, 5.74) is 7.75. The Hall–Kier alpha value is -2.35. The van der Waals surface area contributed by atoms with Gasteiger partial charge in [-0.25, -0.2) is 9.59 Å². The van der Waals surface area contributed by atoms with Crippen LogP contribution in [0.3, 0.4) is 0 Å². The number of ether oxygens (including phenoxy) is 2. The van der Waals surface area contributed by atoms with Crippen molar-refractivity contribution in [1.29, 1.82) is 0 Å². The first-order valence-corrected chi connectivity index (χ1v) is 9.50. The molecule has 1 fully saturated rings. The zero-order valence-corrected chi connectivity index (χ0v) is 16.6. The molecular weight excluding hydrogens is 366 g/mol. The van der Waals surface area contributed by atoms with Crippen molar-refractivity contribution in [3.8, 4) is 0 Å². The molecule has 0 bridgehead atoms. The summed E-state index contributed by atoms with van der Waals surface area (Å²) in [4.78, 5) is 25.5. The molecule has 0 aromatic carbocycles. The number of carbonyl (C=O) groups excluding carboxylic acids is 2. The van der Waals surface area contributed by atoms with Crippen LogP contribution in [0.25, 0.3) is 0 Å². The van der Waals surface area contributed by atoms with Gasteiger partial charge in [0.15, 0.2) is 5.11 Å². The first-order valence-electron chi connectivity index (χ1n) is 9.09. The predicted octanol–water partition coefficient (Wildman–Crippen LogP) is 1.66. The van der Waals surface area contributed by atoms with E-state index in [1.165, 1.54) is 6.08 Å². The van der Waals surface area contributed by atoms with Gasteiger partial charge in [0, 0.05) is 17.3 Å². The van der Waals surface area contributed by atoms with Crippen LogP contribution in [0, 0.1) is 11.8 Å². The highest BCUT2D eigenvalue weighted by atomic mass is 32.1. The Kier molecular flexibility index (Phi) is 7.41. The highest BCUT2D eigenvalue weighted by Gasteiger charge is 2.43. The van der Waals surface area contributed by atoms with Gasteiger partial charge in [0.25, 0.3) is 0 Å². The zero-order valence-electron chi connectivity index (χ0n) is 15.8. The molecular formula is C19H27N3O4S. The van der Waals surface area contributed by atoms with Crippen molar-refractivity contribution in [2.24, 2.45) is 17.6 Å². The van der Waals surface area contributed by atoms with Gasteiger partial charge >= 0.3 is 11.9 Å². The molecule has 4 N–H and O–H groups in total. The fourth-order valence-corrected chi connectivity index (χ4v) is 3.51. The molecule has 0 aromatic rings. The van der Waals surface area contributed by atoms with E-state index in [2.05, 4.69) is 17.2 Å². The van der Waals surface area contributed by atoms with Crippen LogP contribution < -0.4 is 16.4 Å². The average Bonchev–Trinajstić information content (AvgIpc) is 2.56. The fraction of sp³-hybridized carbons (Fsp3) is 0.526. The molecule has 0 saturated heterocycles. The third kappa shape index (κ3) is 4.88. The van der Waals surface area contributed by atoms with Gasteiger partial charge < -0.3 is 25.8 Å². The summed E-state index contributed by atoms with van der Waals surface area (Å²) in [6, 6.07) is 0. The van der Waals surface area contributed by atoms with Crippen LogP contribution in [0.1, 0.15) is 33.1 Å². The van der Waals surface area contributed by atoms with Crippen molar-refractivity contribution < 1.29 is 19.1 Å². The third-order valence-electron chi connectivity index (χ3n) is 4.80. The highest BCUT2D eigenvalue weighted by molar-refractivity contribution is 7.80. The van der Waals surface area contributed by atoms with E-state index >= 15 is 0 Å². The number of esters is 2. The van der Waals surface area contributed by atoms with Gasteiger partial charge in [-0.1, -0.05) is 19.1 Å². The van der Waals surface area contributed by atoms with E-state index < -0.39 is 11.9 Å². The summed E-state index contributed by atoms with van der Waals surface area (Å²) in [5.74, 6) is -1.07. The zero-order chi connectivity index (χ0) is 20.0. The Morgan fingerprint density at radius 3 is 2.52 bits per heavy atom. The van der Waals surface area contributed by atoms with E-state index in [1.54, 1.807) is 13.8 Å². The van der Waals surface area contributed by atoms with Gasteiger partial charge in [-0.05, 0) is 44.8 Å². The van der Waals surface area contributed by atoms with Gasteiger partial charge in [0.1, 0.15) is 6.61 Å². The molecule has 0 radical (unpaired) electrons. The number of nitrogens with one attached hydrogen (secondary N) is 2. The third-order valence-corrected chi connectivity index (χ3v) is 4.94. The second-order valence-electron chi connectivity index (χ2n) is 6.55. The molecule has 27 heavy (non-hydrogen) atoms. The lowest BCUT2D eigenvalue weighted by Crippen LogP contribution is -2.43. The standard InChI is InChI=1S/C19H27N3O4S/c1-4-9-26-17(23)14-11(3)22-13(10-21-19(20)27)16(18(24)25-5-2)15(14)12-7-6-8-12/h4,12,15,22H,1,5-10H2,2-3H3,(H3,20,21,27). The molecule has 2 aliphatic rings. The lowest BCUT2D eigenvalue weighted by molar-refractivity contribution is -0.140. The van der Waals surface area contributed by atoms with E-state index in [9.17, 15) is 9.59 Å². The van der Waals surface area contributed by atoms with Gasteiger partial charge in [0.05, 0.1) is 24.3 Å². The van der Waals surface area contributed by atoms with Gasteiger partial charge in [-0.3, -0.25) is 0 Å². The van der Waals surface area contributed by atoms with E-state index in [4.69, 9.17) is 27.4 Å². The monoisotopic (exact) mass is 393 g/mol. The number of rotatable bonds is 8. The van der Waals surface area contributed by atoms with E-state index in [0.717, 1.165) is 19.3 Å². The van der Waals surface area contributed by atoms with Crippen LogP contribution in [0.4, 0.5) is 0 Å². The van der Waals surface area contributed by atoms with E-state index in [0.29, 0.717) is 22.5 Å². The average molecular weight is 394 g/mol. The summed E-state index contributed by atoms with van der Waals surface area (Å²) in [6.07, 6.45) is 4.46. The molecule has 7 nitrogen and oxygen atoms in total. The molecule has 1 heterocycles. The summed E-state index contributed by atoms with van der Waals surface area (Å²) in [7, 11) is 0. The predicted molar refractivity (Wildman–Crippen MR) is 106 cm³/mol. The molecule has 8 heteroatoms.